The minimum atomic E-state index is -0.0853. The van der Waals surface area contributed by atoms with Gasteiger partial charge in [-0.05, 0) is 12.1 Å². The molecular weight excluding hydrogens is 218 g/mol. The maximum atomic E-state index is 11.2. The number of rotatable bonds is 2. The van der Waals surface area contributed by atoms with Crippen LogP contribution in [0, 0.1) is 0 Å². The molecule has 0 aliphatic carbocycles. The number of nitrogens with zero attached hydrogens (tertiary/aromatic N) is 5. The van der Waals surface area contributed by atoms with Gasteiger partial charge in [-0.1, -0.05) is 0 Å². The van der Waals surface area contributed by atoms with Crippen molar-refractivity contribution < 1.29 is 0 Å². The molecular formula is C11H13N5O. The Morgan fingerprint density at radius 2 is 2.18 bits per heavy atom. The minimum Gasteiger partial charge on any atom is -0.351 e. The summed E-state index contributed by atoms with van der Waals surface area (Å²) in [6.07, 6.45) is 3.75. The molecule has 2 aromatic rings. The fourth-order valence-electron chi connectivity index (χ4n) is 1.96. The Balaban J connectivity index is 1.73. The standard InChI is InChI=1S/C11H13N5O/c1-14-11(17)4-3-10(13-14)15-7-9(8-15)16-6-2-5-12-16/h2-6,9H,7-8H2,1H3. The quantitative estimate of drug-likeness (QED) is 0.732. The lowest BCUT2D eigenvalue weighted by Crippen LogP contribution is -2.48. The van der Waals surface area contributed by atoms with Gasteiger partial charge in [0.05, 0.1) is 6.04 Å². The number of aromatic nitrogens is 4. The van der Waals surface area contributed by atoms with Crippen molar-refractivity contribution in [3.8, 4) is 0 Å². The molecule has 6 heteroatoms. The predicted molar refractivity (Wildman–Crippen MR) is 63.0 cm³/mol. The summed E-state index contributed by atoms with van der Waals surface area (Å²) in [6.45, 7) is 1.76. The van der Waals surface area contributed by atoms with E-state index in [-0.39, 0.29) is 5.56 Å². The molecule has 0 atom stereocenters. The SMILES string of the molecule is Cn1nc(N2CC(n3cccn3)C2)ccc1=O. The van der Waals surface area contributed by atoms with Crippen LogP contribution in [-0.4, -0.2) is 32.7 Å². The van der Waals surface area contributed by atoms with E-state index in [1.807, 2.05) is 16.9 Å². The van der Waals surface area contributed by atoms with Gasteiger partial charge in [0, 0.05) is 38.6 Å². The van der Waals surface area contributed by atoms with Gasteiger partial charge >= 0.3 is 0 Å². The van der Waals surface area contributed by atoms with Gasteiger partial charge in [0.2, 0.25) is 0 Å². The van der Waals surface area contributed by atoms with Crippen LogP contribution >= 0.6 is 0 Å². The minimum absolute atomic E-state index is 0.0853. The Bertz CT molecular complexity index is 568. The summed E-state index contributed by atoms with van der Waals surface area (Å²) in [7, 11) is 1.66. The van der Waals surface area contributed by atoms with Crippen molar-refractivity contribution in [3.05, 3.63) is 40.9 Å². The van der Waals surface area contributed by atoms with Crippen molar-refractivity contribution in [2.75, 3.05) is 18.0 Å². The van der Waals surface area contributed by atoms with Crippen LogP contribution in [0.2, 0.25) is 0 Å². The lowest BCUT2D eigenvalue weighted by atomic mass is 10.1. The van der Waals surface area contributed by atoms with E-state index < -0.39 is 0 Å². The van der Waals surface area contributed by atoms with Crippen LogP contribution in [0.5, 0.6) is 0 Å². The first-order chi connectivity index (χ1) is 8.24. The Morgan fingerprint density at radius 1 is 1.35 bits per heavy atom. The summed E-state index contributed by atoms with van der Waals surface area (Å²) in [6, 6.07) is 5.64. The lowest BCUT2D eigenvalue weighted by molar-refractivity contribution is 0.364. The van der Waals surface area contributed by atoms with Crippen LogP contribution in [0.4, 0.5) is 5.82 Å². The highest BCUT2D eigenvalue weighted by Gasteiger charge is 2.29. The zero-order chi connectivity index (χ0) is 11.8. The molecule has 1 saturated heterocycles. The second-order valence-electron chi connectivity index (χ2n) is 4.20. The van der Waals surface area contributed by atoms with Crippen molar-refractivity contribution in [1.29, 1.82) is 0 Å². The molecule has 0 saturated carbocycles. The normalized spacial score (nSPS) is 15.9. The first kappa shape index (κ1) is 10.1. The van der Waals surface area contributed by atoms with Gasteiger partial charge in [0.15, 0.2) is 0 Å². The van der Waals surface area contributed by atoms with Crippen LogP contribution < -0.4 is 10.5 Å². The lowest BCUT2D eigenvalue weighted by Gasteiger charge is -2.39. The molecule has 0 N–H and O–H groups in total. The Hall–Kier alpha value is -2.11. The van der Waals surface area contributed by atoms with Gasteiger partial charge in [-0.25, -0.2) is 4.68 Å². The topological polar surface area (TPSA) is 56.0 Å². The molecule has 6 nitrogen and oxygen atoms in total. The van der Waals surface area contributed by atoms with Crippen molar-refractivity contribution in [2.45, 2.75) is 6.04 Å². The summed E-state index contributed by atoms with van der Waals surface area (Å²) in [5.74, 6) is 0.843. The molecule has 2 aromatic heterocycles. The first-order valence-corrected chi connectivity index (χ1v) is 5.52. The van der Waals surface area contributed by atoms with E-state index in [1.54, 1.807) is 25.4 Å². The van der Waals surface area contributed by atoms with Gasteiger partial charge in [-0.2, -0.15) is 10.2 Å². The van der Waals surface area contributed by atoms with E-state index in [0.717, 1.165) is 18.9 Å². The van der Waals surface area contributed by atoms with Crippen LogP contribution in [0.15, 0.2) is 35.4 Å². The number of anilines is 1. The Kier molecular flexibility index (Phi) is 2.21. The molecule has 3 heterocycles. The van der Waals surface area contributed by atoms with E-state index in [1.165, 1.54) is 4.68 Å². The smallest absolute Gasteiger partial charge is 0.266 e. The summed E-state index contributed by atoms with van der Waals surface area (Å²) >= 11 is 0. The monoisotopic (exact) mass is 231 g/mol. The second kappa shape index (κ2) is 3.73. The van der Waals surface area contributed by atoms with Gasteiger partial charge in [0.25, 0.3) is 5.56 Å². The van der Waals surface area contributed by atoms with Gasteiger partial charge in [-0.15, -0.1) is 0 Å². The van der Waals surface area contributed by atoms with E-state index in [2.05, 4.69) is 15.1 Å². The zero-order valence-corrected chi connectivity index (χ0v) is 9.52. The molecule has 3 rings (SSSR count). The number of hydrogen-bond acceptors (Lipinski definition) is 4. The summed E-state index contributed by atoms with van der Waals surface area (Å²) in [5, 5.41) is 8.42. The van der Waals surface area contributed by atoms with E-state index in [4.69, 9.17) is 0 Å². The summed E-state index contributed by atoms with van der Waals surface area (Å²) < 4.78 is 3.31. The highest BCUT2D eigenvalue weighted by molar-refractivity contribution is 5.40. The third-order valence-corrected chi connectivity index (χ3v) is 3.03. The number of aryl methyl sites for hydroxylation is 1. The van der Waals surface area contributed by atoms with E-state index in [9.17, 15) is 4.79 Å². The molecule has 17 heavy (non-hydrogen) atoms. The maximum Gasteiger partial charge on any atom is 0.266 e. The largest absolute Gasteiger partial charge is 0.351 e. The van der Waals surface area contributed by atoms with Gasteiger partial charge < -0.3 is 4.90 Å². The Morgan fingerprint density at radius 3 is 2.82 bits per heavy atom. The van der Waals surface area contributed by atoms with Crippen molar-refractivity contribution in [1.82, 2.24) is 19.6 Å². The fourth-order valence-corrected chi connectivity index (χ4v) is 1.96. The molecule has 1 aliphatic rings. The molecule has 0 bridgehead atoms. The predicted octanol–water partition coefficient (Wildman–Crippen LogP) is 0.0381. The molecule has 1 fully saturated rings. The van der Waals surface area contributed by atoms with E-state index in [0.29, 0.717) is 6.04 Å². The molecule has 1 aliphatic heterocycles. The second-order valence-corrected chi connectivity index (χ2v) is 4.20. The van der Waals surface area contributed by atoms with Gasteiger partial charge in [0.1, 0.15) is 5.82 Å². The molecule has 0 spiro atoms. The highest BCUT2D eigenvalue weighted by atomic mass is 16.1. The zero-order valence-electron chi connectivity index (χ0n) is 9.52. The van der Waals surface area contributed by atoms with Crippen LogP contribution in [0.25, 0.3) is 0 Å². The third-order valence-electron chi connectivity index (χ3n) is 3.03. The first-order valence-electron chi connectivity index (χ1n) is 5.52. The molecule has 0 radical (unpaired) electrons. The Labute approximate surface area is 98.1 Å². The van der Waals surface area contributed by atoms with Crippen LogP contribution in [-0.2, 0) is 7.05 Å². The van der Waals surface area contributed by atoms with Crippen LogP contribution in [0.1, 0.15) is 6.04 Å². The molecule has 0 aromatic carbocycles. The van der Waals surface area contributed by atoms with Crippen molar-refractivity contribution >= 4 is 5.82 Å². The third kappa shape index (κ3) is 1.71. The van der Waals surface area contributed by atoms with Crippen molar-refractivity contribution in [2.24, 2.45) is 7.05 Å². The van der Waals surface area contributed by atoms with Crippen LogP contribution in [0.3, 0.4) is 0 Å². The number of hydrogen-bond donors (Lipinski definition) is 0. The molecule has 88 valence electrons. The average molecular weight is 231 g/mol. The summed E-state index contributed by atoms with van der Waals surface area (Å²) in [4.78, 5) is 13.3. The average Bonchev–Trinajstić information content (AvgIpc) is 2.74. The molecule has 0 amide bonds. The van der Waals surface area contributed by atoms with E-state index >= 15 is 0 Å². The molecule has 0 unspecified atom stereocenters. The fraction of sp³-hybridized carbons (Fsp3) is 0.364. The maximum absolute atomic E-state index is 11.2. The van der Waals surface area contributed by atoms with Gasteiger partial charge in [-0.3, -0.25) is 9.48 Å². The highest BCUT2D eigenvalue weighted by Crippen LogP contribution is 2.24. The summed E-state index contributed by atoms with van der Waals surface area (Å²) in [5.41, 5.74) is -0.0853. The van der Waals surface area contributed by atoms with Crippen molar-refractivity contribution in [3.63, 3.8) is 0 Å².